The van der Waals surface area contributed by atoms with E-state index in [1.807, 2.05) is 0 Å². The summed E-state index contributed by atoms with van der Waals surface area (Å²) in [4.78, 5) is 0.759. The van der Waals surface area contributed by atoms with E-state index >= 15 is 0 Å². The van der Waals surface area contributed by atoms with Crippen LogP contribution in [0.25, 0.3) is 0 Å². The van der Waals surface area contributed by atoms with Crippen molar-refractivity contribution >= 4 is 27.5 Å². The van der Waals surface area contributed by atoms with Gasteiger partial charge in [-0.05, 0) is 15.9 Å². The molecule has 0 aliphatic carbocycles. The quantitative estimate of drug-likeness (QED) is 0.840. The number of aromatic nitrogens is 3. The summed E-state index contributed by atoms with van der Waals surface area (Å²) in [5.41, 5.74) is 0.249. The van der Waals surface area contributed by atoms with Crippen LogP contribution in [-0.4, -0.2) is 21.4 Å². The second-order valence-electron chi connectivity index (χ2n) is 3.43. The number of halogens is 5. The highest BCUT2D eigenvalue weighted by Crippen LogP contribution is 2.29. The molecule has 0 fully saturated rings. The number of alkyl halides is 3. The van der Waals surface area contributed by atoms with E-state index in [1.54, 1.807) is 18.2 Å². The zero-order chi connectivity index (χ0) is 14.0. The molecule has 0 aliphatic heterocycles. The third-order valence-corrected chi connectivity index (χ3v) is 3.11. The molecule has 4 nitrogen and oxygen atoms in total. The van der Waals surface area contributed by atoms with Crippen LogP contribution < -0.4 is 0 Å². The van der Waals surface area contributed by atoms with Crippen LogP contribution >= 0.6 is 27.5 Å². The van der Waals surface area contributed by atoms with Crippen LogP contribution in [-0.2, 0) is 4.74 Å². The fourth-order valence-electron chi connectivity index (χ4n) is 1.38. The van der Waals surface area contributed by atoms with Crippen LogP contribution in [0.5, 0.6) is 0 Å². The number of benzene rings is 1. The molecule has 0 radical (unpaired) electrons. The van der Waals surface area contributed by atoms with Crippen molar-refractivity contribution in [3.8, 4) is 0 Å². The average molecular weight is 357 g/mol. The van der Waals surface area contributed by atoms with Crippen molar-refractivity contribution in [2.45, 2.75) is 12.6 Å². The summed E-state index contributed by atoms with van der Waals surface area (Å²) < 4.78 is 41.5. The Morgan fingerprint density at radius 1 is 1.21 bits per heavy atom. The zero-order valence-corrected chi connectivity index (χ0v) is 11.4. The average Bonchev–Trinajstić information content (AvgIpc) is 2.66. The van der Waals surface area contributed by atoms with E-state index < -0.39 is 12.6 Å². The molecular formula is C10H6BrClF3N3O. The highest BCUT2D eigenvalue weighted by Gasteiger charge is 2.36. The van der Waals surface area contributed by atoms with E-state index in [4.69, 9.17) is 11.6 Å². The largest absolute Gasteiger partial charge is 0.524 e. The Bertz CT molecular complexity index is 541. The van der Waals surface area contributed by atoms with E-state index in [0.717, 1.165) is 4.80 Å². The molecule has 2 aromatic rings. The maximum Gasteiger partial charge on any atom is 0.524 e. The second kappa shape index (κ2) is 5.48. The van der Waals surface area contributed by atoms with Crippen LogP contribution in [0.1, 0.15) is 11.8 Å². The molecular weight excluding hydrogens is 350 g/mol. The molecule has 0 amide bonds. The number of nitrogens with zero attached hydrogens (tertiary/aromatic N) is 3. The molecule has 1 aromatic heterocycles. The monoisotopic (exact) mass is 355 g/mol. The highest BCUT2D eigenvalue weighted by molar-refractivity contribution is 9.10. The Balaban J connectivity index is 2.40. The summed E-state index contributed by atoms with van der Waals surface area (Å²) in [6.07, 6.45) is -6.36. The van der Waals surface area contributed by atoms with Crippen molar-refractivity contribution in [3.63, 3.8) is 0 Å². The summed E-state index contributed by atoms with van der Waals surface area (Å²) in [5.74, 6) is 0. The maximum absolute atomic E-state index is 12.4. The fraction of sp³-hybridized carbons (Fsp3) is 0.200. The van der Waals surface area contributed by atoms with Gasteiger partial charge < -0.3 is 0 Å². The Hall–Kier alpha value is -1.12. The lowest BCUT2D eigenvalue weighted by atomic mass is 10.2. The van der Waals surface area contributed by atoms with Crippen molar-refractivity contribution in [1.82, 2.24) is 15.0 Å². The van der Waals surface area contributed by atoms with Crippen molar-refractivity contribution in [1.29, 1.82) is 0 Å². The van der Waals surface area contributed by atoms with Gasteiger partial charge in [0, 0.05) is 5.56 Å². The first-order valence-corrected chi connectivity index (χ1v) is 6.11. The molecule has 0 saturated heterocycles. The number of ether oxygens (including phenoxy) is 1. The van der Waals surface area contributed by atoms with Crippen LogP contribution in [0.3, 0.4) is 0 Å². The smallest absolute Gasteiger partial charge is 0.260 e. The molecule has 1 aromatic carbocycles. The molecule has 1 unspecified atom stereocenters. The molecule has 0 N–H and O–H groups in total. The van der Waals surface area contributed by atoms with Gasteiger partial charge in [-0.25, -0.2) is 0 Å². The standard InChI is InChI=1S/C10H6BrClF3N3O/c11-7-8(12)17-18(16-7)9(19-10(13,14)15)6-4-2-1-3-5-6/h1-5,9H. The summed E-state index contributed by atoms with van der Waals surface area (Å²) >= 11 is 8.63. The predicted octanol–water partition coefficient (Wildman–Crippen LogP) is 3.78. The van der Waals surface area contributed by atoms with Gasteiger partial charge in [-0.2, -0.15) is 0 Å². The summed E-state index contributed by atoms with van der Waals surface area (Å²) in [6.45, 7) is 0. The van der Waals surface area contributed by atoms with Gasteiger partial charge in [0.2, 0.25) is 6.23 Å². The molecule has 0 saturated carbocycles. The van der Waals surface area contributed by atoms with Crippen molar-refractivity contribution < 1.29 is 17.9 Å². The van der Waals surface area contributed by atoms with Crippen LogP contribution in [0.2, 0.25) is 5.15 Å². The Morgan fingerprint density at radius 2 is 1.84 bits per heavy atom. The van der Waals surface area contributed by atoms with Crippen molar-refractivity contribution in [2.75, 3.05) is 0 Å². The SMILES string of the molecule is FC(F)(F)OC(c1ccccc1)n1nc(Cl)c(Br)n1. The zero-order valence-electron chi connectivity index (χ0n) is 9.10. The van der Waals surface area contributed by atoms with Gasteiger partial charge in [0.05, 0.1) is 0 Å². The molecule has 0 spiro atoms. The van der Waals surface area contributed by atoms with E-state index in [-0.39, 0.29) is 15.3 Å². The minimum atomic E-state index is -4.83. The molecule has 0 aliphatic rings. The fourth-order valence-corrected chi connectivity index (χ4v) is 1.74. The lowest BCUT2D eigenvalue weighted by molar-refractivity contribution is -0.351. The van der Waals surface area contributed by atoms with Gasteiger partial charge in [-0.1, -0.05) is 41.9 Å². The summed E-state index contributed by atoms with van der Waals surface area (Å²) in [5, 5.41) is 7.36. The van der Waals surface area contributed by atoms with Gasteiger partial charge in [-0.15, -0.1) is 28.2 Å². The third-order valence-electron chi connectivity index (χ3n) is 2.09. The summed E-state index contributed by atoms with van der Waals surface area (Å²) in [7, 11) is 0. The van der Waals surface area contributed by atoms with Gasteiger partial charge >= 0.3 is 6.36 Å². The molecule has 19 heavy (non-hydrogen) atoms. The van der Waals surface area contributed by atoms with Gasteiger partial charge in [0.1, 0.15) is 0 Å². The van der Waals surface area contributed by atoms with Crippen molar-refractivity contribution in [3.05, 3.63) is 45.7 Å². The van der Waals surface area contributed by atoms with Crippen LogP contribution in [0.15, 0.2) is 34.9 Å². The van der Waals surface area contributed by atoms with E-state index in [9.17, 15) is 13.2 Å². The Kier molecular flexibility index (Phi) is 4.12. The van der Waals surface area contributed by atoms with E-state index in [2.05, 4.69) is 30.9 Å². The van der Waals surface area contributed by atoms with E-state index in [0.29, 0.717) is 0 Å². The van der Waals surface area contributed by atoms with Gasteiger partial charge in [-0.3, -0.25) is 4.74 Å². The number of rotatable bonds is 3. The van der Waals surface area contributed by atoms with Crippen LogP contribution in [0.4, 0.5) is 13.2 Å². The first kappa shape index (κ1) is 14.3. The Morgan fingerprint density at radius 3 is 2.32 bits per heavy atom. The highest BCUT2D eigenvalue weighted by atomic mass is 79.9. The minimum absolute atomic E-state index is 0.0493. The predicted molar refractivity (Wildman–Crippen MR) is 64.5 cm³/mol. The molecule has 102 valence electrons. The maximum atomic E-state index is 12.4. The van der Waals surface area contributed by atoms with Gasteiger partial charge in [0.15, 0.2) is 9.76 Å². The lowest BCUT2D eigenvalue weighted by Crippen LogP contribution is -2.25. The molecule has 0 bridgehead atoms. The third kappa shape index (κ3) is 3.68. The molecule has 2 rings (SSSR count). The number of hydrogen-bond acceptors (Lipinski definition) is 3. The lowest BCUT2D eigenvalue weighted by Gasteiger charge is -2.18. The first-order valence-electron chi connectivity index (χ1n) is 4.94. The first-order chi connectivity index (χ1) is 8.87. The molecule has 1 atom stereocenters. The van der Waals surface area contributed by atoms with Gasteiger partial charge in [0.25, 0.3) is 0 Å². The van der Waals surface area contributed by atoms with Crippen LogP contribution in [0, 0.1) is 0 Å². The minimum Gasteiger partial charge on any atom is -0.260 e. The second-order valence-corrected chi connectivity index (χ2v) is 4.54. The van der Waals surface area contributed by atoms with E-state index in [1.165, 1.54) is 12.1 Å². The molecule has 9 heteroatoms. The normalized spacial score (nSPS) is 13.5. The molecule has 1 heterocycles. The Labute approximate surface area is 119 Å². The number of hydrogen-bond donors (Lipinski definition) is 0. The summed E-state index contributed by atoms with van der Waals surface area (Å²) in [6, 6.07) is 7.79. The topological polar surface area (TPSA) is 39.9 Å². The van der Waals surface area contributed by atoms with Crippen molar-refractivity contribution in [2.24, 2.45) is 0 Å².